The van der Waals surface area contributed by atoms with Crippen LogP contribution >= 0.6 is 23.8 Å². The fourth-order valence-corrected chi connectivity index (χ4v) is 3.76. The van der Waals surface area contributed by atoms with E-state index in [1.54, 1.807) is 6.07 Å². The van der Waals surface area contributed by atoms with Gasteiger partial charge < -0.3 is 15.1 Å². The Labute approximate surface area is 184 Å². The van der Waals surface area contributed by atoms with Gasteiger partial charge in [0.05, 0.1) is 15.6 Å². The van der Waals surface area contributed by atoms with Gasteiger partial charge in [-0.05, 0) is 43.0 Å². The summed E-state index contributed by atoms with van der Waals surface area (Å²) in [5, 5.41) is 17.0. The van der Waals surface area contributed by atoms with Gasteiger partial charge in [-0.3, -0.25) is 20.2 Å². The van der Waals surface area contributed by atoms with Gasteiger partial charge in [0.2, 0.25) is 0 Å². The molecule has 0 unspecified atom stereocenters. The van der Waals surface area contributed by atoms with Gasteiger partial charge in [0.15, 0.2) is 5.11 Å². The average molecular weight is 448 g/mol. The smallest absolute Gasteiger partial charge is 0.270 e. The van der Waals surface area contributed by atoms with Crippen molar-refractivity contribution < 1.29 is 9.72 Å². The minimum absolute atomic E-state index is 0.0758. The van der Waals surface area contributed by atoms with Gasteiger partial charge in [-0.2, -0.15) is 0 Å². The Bertz CT molecular complexity index is 963. The summed E-state index contributed by atoms with van der Waals surface area (Å²) in [5.41, 5.74) is 1.58. The number of non-ortho nitro benzene ring substituents is 1. The first-order valence-electron chi connectivity index (χ1n) is 9.51. The zero-order valence-corrected chi connectivity index (χ0v) is 18.0. The van der Waals surface area contributed by atoms with Gasteiger partial charge in [0, 0.05) is 49.6 Å². The Balaban J connectivity index is 1.60. The predicted octanol–water partition coefficient (Wildman–Crippen LogP) is 3.52. The summed E-state index contributed by atoms with van der Waals surface area (Å²) in [6.45, 7) is 7.03. The van der Waals surface area contributed by atoms with Crippen molar-refractivity contribution >= 4 is 51.9 Å². The Morgan fingerprint density at radius 1 is 1.20 bits per heavy atom. The molecule has 2 aromatic rings. The van der Waals surface area contributed by atoms with Crippen molar-refractivity contribution in [1.29, 1.82) is 0 Å². The third kappa shape index (κ3) is 5.44. The predicted molar refractivity (Wildman–Crippen MR) is 123 cm³/mol. The fraction of sp³-hybridized carbons (Fsp3) is 0.300. The monoisotopic (exact) mass is 447 g/mol. The number of hydrogen-bond acceptors (Lipinski definition) is 6. The van der Waals surface area contributed by atoms with Gasteiger partial charge in [-0.25, -0.2) is 0 Å². The number of halogens is 1. The second-order valence-corrected chi connectivity index (χ2v) is 7.62. The van der Waals surface area contributed by atoms with E-state index in [2.05, 4.69) is 27.4 Å². The Kier molecular flexibility index (Phi) is 7.20. The molecule has 1 fully saturated rings. The number of benzene rings is 2. The largest absolute Gasteiger partial charge is 0.368 e. The van der Waals surface area contributed by atoms with E-state index < -0.39 is 10.8 Å². The molecule has 0 atom stereocenters. The van der Waals surface area contributed by atoms with Crippen LogP contribution < -0.4 is 15.5 Å². The highest BCUT2D eigenvalue weighted by atomic mass is 35.5. The van der Waals surface area contributed by atoms with Gasteiger partial charge in [-0.1, -0.05) is 24.6 Å². The van der Waals surface area contributed by atoms with Gasteiger partial charge in [-0.15, -0.1) is 0 Å². The first-order chi connectivity index (χ1) is 14.4. The van der Waals surface area contributed by atoms with E-state index in [0.29, 0.717) is 10.7 Å². The molecule has 158 valence electrons. The van der Waals surface area contributed by atoms with E-state index in [9.17, 15) is 14.9 Å². The number of carbonyl (C=O) groups is 1. The molecule has 1 aliphatic heterocycles. The number of anilines is 2. The molecule has 1 amide bonds. The average Bonchev–Trinajstić information content (AvgIpc) is 2.74. The minimum Gasteiger partial charge on any atom is -0.368 e. The van der Waals surface area contributed by atoms with Crippen LogP contribution in [0.5, 0.6) is 0 Å². The van der Waals surface area contributed by atoms with Crippen LogP contribution in [0.4, 0.5) is 17.1 Å². The maximum atomic E-state index is 12.3. The minimum atomic E-state index is -0.557. The molecule has 0 aromatic heterocycles. The topological polar surface area (TPSA) is 90.8 Å². The summed E-state index contributed by atoms with van der Waals surface area (Å²) < 4.78 is 0. The van der Waals surface area contributed by atoms with E-state index in [4.69, 9.17) is 23.8 Å². The number of thiocarbonyl (C=S) groups is 1. The normalized spacial score (nSPS) is 14.3. The number of amides is 1. The van der Waals surface area contributed by atoms with Crippen molar-refractivity contribution in [2.24, 2.45) is 0 Å². The van der Waals surface area contributed by atoms with Crippen molar-refractivity contribution in [2.75, 3.05) is 42.9 Å². The second kappa shape index (κ2) is 9.84. The Hall–Kier alpha value is -2.75. The number of rotatable bonds is 5. The number of likely N-dealkylation sites (N-methyl/N-ethyl adjacent to an activating group) is 1. The lowest BCUT2D eigenvalue weighted by atomic mass is 10.2. The molecule has 0 radical (unpaired) electrons. The number of hydrogen-bond donors (Lipinski definition) is 2. The van der Waals surface area contributed by atoms with Crippen molar-refractivity contribution in [2.45, 2.75) is 6.92 Å². The summed E-state index contributed by atoms with van der Waals surface area (Å²) in [5.74, 6) is -0.535. The Morgan fingerprint density at radius 3 is 2.57 bits per heavy atom. The molecule has 0 aliphatic carbocycles. The molecule has 8 nitrogen and oxygen atoms in total. The summed E-state index contributed by atoms with van der Waals surface area (Å²) in [7, 11) is 0. The molecular weight excluding hydrogens is 426 g/mol. The zero-order valence-electron chi connectivity index (χ0n) is 16.4. The zero-order chi connectivity index (χ0) is 21.7. The number of carbonyl (C=O) groups excluding carboxylic acids is 1. The van der Waals surface area contributed by atoms with E-state index in [0.717, 1.165) is 38.4 Å². The molecule has 2 N–H and O–H groups in total. The first-order valence-corrected chi connectivity index (χ1v) is 10.3. The standard InChI is InChI=1S/C20H22ClN5O3S/c1-2-24-8-10-25(11-9-24)18-7-6-15(13-17(18)21)22-20(30)23-19(27)14-4-3-5-16(12-14)26(28)29/h3-7,12-13H,2,8-11H2,1H3,(H2,22,23,27,30). The number of nitrogens with zero attached hydrogens (tertiary/aromatic N) is 3. The highest BCUT2D eigenvalue weighted by Gasteiger charge is 2.18. The maximum absolute atomic E-state index is 12.3. The number of nitro benzene ring substituents is 1. The second-order valence-electron chi connectivity index (χ2n) is 6.80. The number of nitrogens with one attached hydrogen (secondary N) is 2. The fourth-order valence-electron chi connectivity index (χ4n) is 3.24. The van der Waals surface area contributed by atoms with Crippen LogP contribution in [0.2, 0.25) is 5.02 Å². The van der Waals surface area contributed by atoms with Crippen molar-refractivity contribution in [3.8, 4) is 0 Å². The summed E-state index contributed by atoms with van der Waals surface area (Å²) in [6, 6.07) is 11.0. The molecule has 2 aromatic carbocycles. The molecule has 1 aliphatic rings. The van der Waals surface area contributed by atoms with E-state index in [1.807, 2.05) is 12.1 Å². The van der Waals surface area contributed by atoms with Crippen LogP contribution in [0.25, 0.3) is 0 Å². The number of nitro groups is 1. The lowest BCUT2D eigenvalue weighted by Gasteiger charge is -2.36. The summed E-state index contributed by atoms with van der Waals surface area (Å²) >= 11 is 11.7. The van der Waals surface area contributed by atoms with Gasteiger partial charge in [0.25, 0.3) is 11.6 Å². The molecule has 0 bridgehead atoms. The lowest BCUT2D eigenvalue weighted by Crippen LogP contribution is -2.46. The molecule has 3 rings (SSSR count). The molecular formula is C20H22ClN5O3S. The van der Waals surface area contributed by atoms with Crippen LogP contribution in [-0.2, 0) is 0 Å². The van der Waals surface area contributed by atoms with Gasteiger partial charge >= 0.3 is 0 Å². The maximum Gasteiger partial charge on any atom is 0.270 e. The van der Waals surface area contributed by atoms with Gasteiger partial charge in [0.1, 0.15) is 0 Å². The molecule has 0 saturated carbocycles. The van der Waals surface area contributed by atoms with Crippen LogP contribution in [0, 0.1) is 10.1 Å². The molecule has 0 spiro atoms. The molecule has 30 heavy (non-hydrogen) atoms. The van der Waals surface area contributed by atoms with Crippen LogP contribution in [0.15, 0.2) is 42.5 Å². The molecule has 1 saturated heterocycles. The van der Waals surface area contributed by atoms with Crippen molar-refractivity contribution in [1.82, 2.24) is 10.2 Å². The lowest BCUT2D eigenvalue weighted by molar-refractivity contribution is -0.384. The van der Waals surface area contributed by atoms with E-state index in [1.165, 1.54) is 24.3 Å². The highest BCUT2D eigenvalue weighted by molar-refractivity contribution is 7.80. The molecule has 10 heteroatoms. The molecule has 1 heterocycles. The Morgan fingerprint density at radius 2 is 1.93 bits per heavy atom. The summed E-state index contributed by atoms with van der Waals surface area (Å²) in [6.07, 6.45) is 0. The van der Waals surface area contributed by atoms with Crippen molar-refractivity contribution in [3.63, 3.8) is 0 Å². The van der Waals surface area contributed by atoms with Crippen LogP contribution in [0.1, 0.15) is 17.3 Å². The van der Waals surface area contributed by atoms with Crippen LogP contribution in [0.3, 0.4) is 0 Å². The SMILES string of the molecule is CCN1CCN(c2ccc(NC(=S)NC(=O)c3cccc([N+](=O)[O-])c3)cc2Cl)CC1. The third-order valence-corrected chi connectivity index (χ3v) is 5.42. The van der Waals surface area contributed by atoms with Crippen LogP contribution in [-0.4, -0.2) is 53.6 Å². The highest BCUT2D eigenvalue weighted by Crippen LogP contribution is 2.29. The first kappa shape index (κ1) is 21.9. The third-order valence-electron chi connectivity index (χ3n) is 4.91. The number of piperazine rings is 1. The summed E-state index contributed by atoms with van der Waals surface area (Å²) in [4.78, 5) is 27.2. The van der Waals surface area contributed by atoms with Crippen molar-refractivity contribution in [3.05, 3.63) is 63.2 Å². The quantitative estimate of drug-likeness (QED) is 0.411. The van der Waals surface area contributed by atoms with E-state index in [-0.39, 0.29) is 16.4 Å². The van der Waals surface area contributed by atoms with E-state index >= 15 is 0 Å².